The van der Waals surface area contributed by atoms with Gasteiger partial charge in [0.1, 0.15) is 11.6 Å². The van der Waals surface area contributed by atoms with E-state index in [1.807, 2.05) is 6.92 Å². The second kappa shape index (κ2) is 6.20. The Morgan fingerprint density at radius 1 is 1.53 bits per heavy atom. The Morgan fingerprint density at radius 3 is 2.88 bits per heavy atom. The first-order valence-corrected chi connectivity index (χ1v) is 5.53. The second-order valence-corrected chi connectivity index (χ2v) is 3.77. The van der Waals surface area contributed by atoms with Crippen LogP contribution in [0.15, 0.2) is 18.2 Å². The fourth-order valence-corrected chi connectivity index (χ4v) is 1.38. The summed E-state index contributed by atoms with van der Waals surface area (Å²) >= 11 is 0. The van der Waals surface area contributed by atoms with Crippen LogP contribution in [0.5, 0.6) is 5.75 Å². The molecule has 0 saturated carbocycles. The summed E-state index contributed by atoms with van der Waals surface area (Å²) in [7, 11) is 0. The number of rotatable bonds is 5. The van der Waals surface area contributed by atoms with Crippen molar-refractivity contribution < 1.29 is 14.3 Å². The summed E-state index contributed by atoms with van der Waals surface area (Å²) in [6.45, 7) is 4.35. The summed E-state index contributed by atoms with van der Waals surface area (Å²) in [5.74, 6) is -0.518. The van der Waals surface area contributed by atoms with Gasteiger partial charge in [-0.15, -0.1) is 0 Å². The van der Waals surface area contributed by atoms with Gasteiger partial charge in [0.25, 0.3) is 0 Å². The Bertz CT molecular complexity index is 396. The van der Waals surface area contributed by atoms with Gasteiger partial charge in [0, 0.05) is 18.7 Å². The summed E-state index contributed by atoms with van der Waals surface area (Å²) < 4.78 is 12.9. The summed E-state index contributed by atoms with van der Waals surface area (Å²) in [5.41, 5.74) is 0.432. The molecule has 0 bridgehead atoms. The molecule has 94 valence electrons. The molecule has 0 heterocycles. The van der Waals surface area contributed by atoms with E-state index < -0.39 is 11.9 Å². The number of carbonyl (C=O) groups excluding carboxylic acids is 1. The molecule has 1 aromatic rings. The minimum Gasteiger partial charge on any atom is -0.508 e. The average Bonchev–Trinajstić information content (AvgIpc) is 2.30. The Hall–Kier alpha value is -1.62. The van der Waals surface area contributed by atoms with Crippen LogP contribution in [0.1, 0.15) is 19.4 Å². The van der Waals surface area contributed by atoms with E-state index >= 15 is 0 Å². The van der Waals surface area contributed by atoms with Crippen LogP contribution in [-0.4, -0.2) is 23.6 Å². The number of halogens is 1. The zero-order chi connectivity index (χ0) is 12.8. The number of benzene rings is 1. The zero-order valence-corrected chi connectivity index (χ0v) is 9.96. The lowest BCUT2D eigenvalue weighted by atomic mass is 10.2. The number of hydrogen-bond donors (Lipinski definition) is 3. The summed E-state index contributed by atoms with van der Waals surface area (Å²) in [5, 5.41) is 15.1. The van der Waals surface area contributed by atoms with Crippen LogP contribution in [0, 0.1) is 5.82 Å². The van der Waals surface area contributed by atoms with Crippen LogP contribution in [-0.2, 0) is 11.3 Å². The molecule has 0 aliphatic heterocycles. The molecule has 17 heavy (non-hydrogen) atoms. The fraction of sp³-hybridized carbons (Fsp3) is 0.417. The number of amides is 1. The van der Waals surface area contributed by atoms with Crippen LogP contribution < -0.4 is 10.6 Å². The largest absolute Gasteiger partial charge is 0.508 e. The molecule has 1 rings (SSSR count). The van der Waals surface area contributed by atoms with Crippen molar-refractivity contribution in [3.05, 3.63) is 29.6 Å². The molecule has 1 atom stereocenters. The van der Waals surface area contributed by atoms with E-state index in [2.05, 4.69) is 10.6 Å². The lowest BCUT2D eigenvalue weighted by molar-refractivity contribution is -0.122. The number of carbonyl (C=O) groups is 1. The first-order chi connectivity index (χ1) is 8.04. The molecule has 0 aromatic heterocycles. The molecule has 4 nitrogen and oxygen atoms in total. The first-order valence-electron chi connectivity index (χ1n) is 5.53. The third-order valence-electron chi connectivity index (χ3n) is 2.38. The normalized spacial score (nSPS) is 12.2. The molecule has 0 aliphatic rings. The Labute approximate surface area is 99.8 Å². The fourth-order valence-electron chi connectivity index (χ4n) is 1.38. The highest BCUT2D eigenvalue weighted by atomic mass is 19.1. The molecular weight excluding hydrogens is 223 g/mol. The molecule has 0 fully saturated rings. The molecule has 1 amide bonds. The average molecular weight is 240 g/mol. The first kappa shape index (κ1) is 13.4. The number of hydrogen-bond acceptors (Lipinski definition) is 3. The number of phenolic OH excluding ortho intramolecular Hbond substituents is 1. The maximum Gasteiger partial charge on any atom is 0.236 e. The van der Waals surface area contributed by atoms with Gasteiger partial charge in [0.05, 0.1) is 6.04 Å². The van der Waals surface area contributed by atoms with Gasteiger partial charge >= 0.3 is 0 Å². The standard InChI is InChI=1S/C12H17FN2O2/c1-3-14-12(17)8(2)15-7-9-6-10(13)4-5-11(9)16/h4-6,8,15-16H,3,7H2,1-2H3,(H,14,17). The number of likely N-dealkylation sites (N-methyl/N-ethyl adjacent to an activating group) is 1. The molecular formula is C12H17FN2O2. The molecule has 0 spiro atoms. The van der Waals surface area contributed by atoms with Crippen LogP contribution in [0.4, 0.5) is 4.39 Å². The molecule has 5 heteroatoms. The molecule has 0 radical (unpaired) electrons. The number of nitrogens with one attached hydrogen (secondary N) is 2. The third kappa shape index (κ3) is 4.03. The highest BCUT2D eigenvalue weighted by molar-refractivity contribution is 5.81. The van der Waals surface area contributed by atoms with Gasteiger partial charge in [-0.2, -0.15) is 0 Å². The van der Waals surface area contributed by atoms with E-state index in [9.17, 15) is 14.3 Å². The van der Waals surface area contributed by atoms with Crippen molar-refractivity contribution >= 4 is 5.91 Å². The molecule has 1 unspecified atom stereocenters. The second-order valence-electron chi connectivity index (χ2n) is 3.77. The smallest absolute Gasteiger partial charge is 0.236 e. The van der Waals surface area contributed by atoms with E-state index in [1.54, 1.807) is 6.92 Å². The minimum absolute atomic E-state index is 0.0157. The predicted molar refractivity (Wildman–Crippen MR) is 63.1 cm³/mol. The topological polar surface area (TPSA) is 61.4 Å². The molecule has 1 aromatic carbocycles. The lowest BCUT2D eigenvalue weighted by Gasteiger charge is -2.13. The number of aromatic hydroxyl groups is 1. The van der Waals surface area contributed by atoms with E-state index in [4.69, 9.17) is 0 Å². The summed E-state index contributed by atoms with van der Waals surface area (Å²) in [6.07, 6.45) is 0. The SMILES string of the molecule is CCNC(=O)C(C)NCc1cc(F)ccc1O. The Balaban J connectivity index is 2.55. The maximum absolute atomic E-state index is 12.9. The van der Waals surface area contributed by atoms with Crippen LogP contribution in [0.25, 0.3) is 0 Å². The van der Waals surface area contributed by atoms with Crippen molar-refractivity contribution in [1.82, 2.24) is 10.6 Å². The van der Waals surface area contributed by atoms with E-state index in [0.717, 1.165) is 0 Å². The van der Waals surface area contributed by atoms with Crippen molar-refractivity contribution in [3.8, 4) is 5.75 Å². The Kier molecular flexibility index (Phi) is 4.90. The van der Waals surface area contributed by atoms with Crippen LogP contribution in [0.2, 0.25) is 0 Å². The van der Waals surface area contributed by atoms with Gasteiger partial charge in [-0.1, -0.05) is 0 Å². The van der Waals surface area contributed by atoms with E-state index in [0.29, 0.717) is 12.1 Å². The van der Waals surface area contributed by atoms with Crippen molar-refractivity contribution in [2.24, 2.45) is 0 Å². The van der Waals surface area contributed by atoms with Crippen LogP contribution in [0.3, 0.4) is 0 Å². The molecule has 0 saturated heterocycles. The third-order valence-corrected chi connectivity index (χ3v) is 2.38. The van der Waals surface area contributed by atoms with Gasteiger partial charge < -0.3 is 15.7 Å². The van der Waals surface area contributed by atoms with Gasteiger partial charge in [0.15, 0.2) is 0 Å². The lowest BCUT2D eigenvalue weighted by Crippen LogP contribution is -2.41. The summed E-state index contributed by atoms with van der Waals surface area (Å²) in [4.78, 5) is 11.4. The quantitative estimate of drug-likeness (QED) is 0.723. The zero-order valence-electron chi connectivity index (χ0n) is 9.96. The molecule has 3 N–H and O–H groups in total. The molecule has 0 aliphatic carbocycles. The minimum atomic E-state index is -0.412. The highest BCUT2D eigenvalue weighted by Gasteiger charge is 2.11. The maximum atomic E-state index is 12.9. The van der Waals surface area contributed by atoms with Crippen molar-refractivity contribution in [3.63, 3.8) is 0 Å². The van der Waals surface area contributed by atoms with E-state index in [1.165, 1.54) is 18.2 Å². The van der Waals surface area contributed by atoms with E-state index in [-0.39, 0.29) is 18.2 Å². The van der Waals surface area contributed by atoms with Gasteiger partial charge in [0.2, 0.25) is 5.91 Å². The van der Waals surface area contributed by atoms with Crippen molar-refractivity contribution in [1.29, 1.82) is 0 Å². The highest BCUT2D eigenvalue weighted by Crippen LogP contribution is 2.17. The summed E-state index contributed by atoms with van der Waals surface area (Å²) in [6, 6.07) is 3.33. The predicted octanol–water partition coefficient (Wildman–Crippen LogP) is 1.15. The Morgan fingerprint density at radius 2 is 2.24 bits per heavy atom. The van der Waals surface area contributed by atoms with Gasteiger partial charge in [-0.05, 0) is 32.0 Å². The van der Waals surface area contributed by atoms with Gasteiger partial charge in [-0.25, -0.2) is 4.39 Å². The van der Waals surface area contributed by atoms with Crippen molar-refractivity contribution in [2.75, 3.05) is 6.54 Å². The monoisotopic (exact) mass is 240 g/mol. The number of phenols is 1. The van der Waals surface area contributed by atoms with Crippen LogP contribution >= 0.6 is 0 Å². The van der Waals surface area contributed by atoms with Crippen molar-refractivity contribution in [2.45, 2.75) is 26.4 Å². The van der Waals surface area contributed by atoms with Gasteiger partial charge in [-0.3, -0.25) is 4.79 Å².